The highest BCUT2D eigenvalue weighted by molar-refractivity contribution is 9.26. The lowest BCUT2D eigenvalue weighted by Crippen LogP contribution is -2.36. The Hall–Kier alpha value is -3.75. The van der Waals surface area contributed by atoms with E-state index in [4.69, 9.17) is 62.3 Å². The molecule has 4 heterocycles. The number of carbonyl (C=O) groups excluding carboxylic acids is 5. The number of alkyl carbamates (subject to hydrolysis) is 1. The van der Waals surface area contributed by atoms with Crippen LogP contribution in [0.15, 0.2) is 59.0 Å². The topological polar surface area (TPSA) is 374 Å². The van der Waals surface area contributed by atoms with Crippen LogP contribution in [0.25, 0.3) is 0 Å². The van der Waals surface area contributed by atoms with Gasteiger partial charge in [0, 0.05) is 83.7 Å². The van der Waals surface area contributed by atoms with Gasteiger partial charge < -0.3 is 60.5 Å². The van der Waals surface area contributed by atoms with Crippen LogP contribution >= 0.6 is 85.3 Å². The number of hydrogen-bond acceptors (Lipinski definition) is 17. The van der Waals surface area contributed by atoms with E-state index in [0.717, 1.165) is 66.7 Å². The molecule has 7 amide bonds. The van der Waals surface area contributed by atoms with Gasteiger partial charge in [-0.3, -0.25) is 29.2 Å². The summed E-state index contributed by atoms with van der Waals surface area (Å²) in [5, 5.41) is 18.3. The van der Waals surface area contributed by atoms with Gasteiger partial charge in [0.15, 0.2) is 0 Å². The van der Waals surface area contributed by atoms with Gasteiger partial charge in [-0.15, -0.1) is 42.9 Å². The second-order valence-corrected chi connectivity index (χ2v) is 43.0. The highest BCUT2D eigenvalue weighted by Crippen LogP contribution is 2.46. The maximum absolute atomic E-state index is 13.3. The Morgan fingerprint density at radius 1 is 0.701 bits per heavy atom. The number of halogens is 6. The van der Waals surface area contributed by atoms with Gasteiger partial charge in [-0.25, -0.2) is 41.3 Å². The van der Waals surface area contributed by atoms with E-state index < -0.39 is 61.7 Å². The summed E-state index contributed by atoms with van der Waals surface area (Å²) < 4.78 is 100. The summed E-state index contributed by atoms with van der Waals surface area (Å²) in [6.45, 7) is 13.2. The highest BCUT2D eigenvalue weighted by Gasteiger charge is 2.43. The molecule has 4 aliphatic rings. The maximum atomic E-state index is 13.3. The van der Waals surface area contributed by atoms with Gasteiger partial charge in [-0.2, -0.15) is 23.5 Å². The number of nitrogens with one attached hydrogen (secondary N) is 6. The second kappa shape index (κ2) is 45.3. The predicted molar refractivity (Wildman–Crippen MR) is 384 cm³/mol. The molecule has 25 nitrogen and oxygen atoms in total. The molecule has 7 atom stereocenters. The number of ether oxygens (including phenoxy) is 1. The molecule has 97 heavy (non-hydrogen) atoms. The third-order valence-corrected chi connectivity index (χ3v) is 18.7. The van der Waals surface area contributed by atoms with Crippen molar-refractivity contribution in [3.8, 4) is 17.2 Å². The summed E-state index contributed by atoms with van der Waals surface area (Å²) in [5.74, 6) is 1.51. The molecule has 4 fully saturated rings. The second-order valence-electron chi connectivity index (χ2n) is 23.9. The summed E-state index contributed by atoms with van der Waals surface area (Å²) in [6, 6.07) is 14.5. The van der Waals surface area contributed by atoms with Crippen molar-refractivity contribution in [2.24, 2.45) is 10.1 Å². The number of nitrogens with zero attached hydrogens (tertiary/aromatic N) is 1. The number of alkyl halides is 5. The van der Waals surface area contributed by atoms with Crippen LogP contribution < -0.4 is 51.2 Å². The SMILES string of the molecule is CCOP(C)(=O)Oc1ccc(CCNC(=O)OC(C)(C)C)cc1CF.C[Si](C)(C)Br.ClCCl.NCCc1ccc(OP(=O)(O)O)c(CF)c1.O=C(CCCCC1SCC2NC(=O)NC21)N=S.O=C(CCCCC1SCC2NC(=O)NC21)NCCc1ccc(OP(=O)(O)O)c(CF)c1. The highest BCUT2D eigenvalue weighted by atomic mass is 79.9. The van der Waals surface area contributed by atoms with Crippen LogP contribution in [-0.2, 0) is 84.3 Å². The Morgan fingerprint density at radius 3 is 1.46 bits per heavy atom. The third kappa shape index (κ3) is 39.3. The summed E-state index contributed by atoms with van der Waals surface area (Å²) in [5.41, 5.74) is 7.57. The maximum Gasteiger partial charge on any atom is 0.524 e. The minimum Gasteiger partial charge on any atom is -0.444 e. The molecule has 0 radical (unpaired) electrons. The smallest absolute Gasteiger partial charge is 0.444 e. The molecule has 0 aliphatic carbocycles. The van der Waals surface area contributed by atoms with Crippen molar-refractivity contribution < 1.29 is 93.2 Å². The average Bonchev–Trinajstić information content (AvgIpc) is 1.73. The normalized spacial score (nSPS) is 18.8. The molecule has 12 N–H and O–H groups in total. The largest absolute Gasteiger partial charge is 0.524 e. The van der Waals surface area contributed by atoms with E-state index in [0.29, 0.717) is 62.2 Å². The first-order chi connectivity index (χ1) is 45.4. The summed E-state index contributed by atoms with van der Waals surface area (Å²) in [6.07, 6.45) is 7.36. The first-order valence-electron chi connectivity index (χ1n) is 30.8. The number of thioether (sulfide) groups is 2. The predicted octanol–water partition coefficient (Wildman–Crippen LogP) is 12.2. The minimum absolute atomic E-state index is 0.0489. The fourth-order valence-corrected chi connectivity index (χ4v) is 14.6. The van der Waals surface area contributed by atoms with Gasteiger partial charge in [0.25, 0.3) is 5.91 Å². The van der Waals surface area contributed by atoms with Crippen molar-refractivity contribution in [2.45, 2.75) is 178 Å². The number of carbonyl (C=O) groups is 5. The quantitative estimate of drug-likeness (QED) is 0.00768. The van der Waals surface area contributed by atoms with E-state index in [2.05, 4.69) is 92.7 Å². The zero-order valence-electron chi connectivity index (χ0n) is 55.5. The first-order valence-corrected chi connectivity index (χ1v) is 45.2. The van der Waals surface area contributed by atoms with Crippen molar-refractivity contribution in [2.75, 3.05) is 49.8 Å². The Kier molecular flexibility index (Phi) is 41.7. The van der Waals surface area contributed by atoms with Crippen molar-refractivity contribution >= 4 is 134 Å². The average molecular weight is 1610 g/mol. The van der Waals surface area contributed by atoms with Crippen LogP contribution in [-0.4, -0.2) is 146 Å². The number of benzene rings is 3. The Balaban J connectivity index is 0.000000436. The molecule has 4 saturated heterocycles. The molecule has 7 unspecified atom stereocenters. The Labute approximate surface area is 598 Å². The van der Waals surface area contributed by atoms with Crippen LogP contribution in [0.3, 0.4) is 0 Å². The molecule has 0 aromatic heterocycles. The number of phosphoric ester groups is 2. The number of fused-ring (bicyclic) bond motifs is 2. The van der Waals surface area contributed by atoms with Crippen LogP contribution in [0, 0.1) is 0 Å². The lowest BCUT2D eigenvalue weighted by Gasteiger charge is -2.19. The monoisotopic (exact) mass is 1610 g/mol. The number of phosphoric acid groups is 2. The van der Waals surface area contributed by atoms with Gasteiger partial charge in [0.1, 0.15) is 49.6 Å². The number of rotatable bonds is 29. The number of urea groups is 2. The summed E-state index contributed by atoms with van der Waals surface area (Å²) >= 11 is 21.1. The molecule has 0 spiro atoms. The number of hydrogen-bond donors (Lipinski definition) is 11. The summed E-state index contributed by atoms with van der Waals surface area (Å²) in [7, 11) is -12.7. The van der Waals surface area contributed by atoms with Crippen LogP contribution in [0.1, 0.15) is 112 Å². The lowest BCUT2D eigenvalue weighted by molar-refractivity contribution is -0.121. The molecule has 38 heteroatoms. The molecule has 7 rings (SSSR count). The first kappa shape index (κ1) is 89.3. The molecule has 550 valence electrons. The van der Waals surface area contributed by atoms with Gasteiger partial charge in [-0.05, 0) is 132 Å². The standard InChI is InChI=1S/C19H27FN3O6PS.C17H27FNO5P.C10H15N3O2S2.C9H13FNO4P.C3H9BrSi.CH2Cl2/c20-10-13-9-12(5-6-15(13)29-30(26,27)28)7-8-21-17(24)4-2-1-3-16-18-14(11-31-16)22-19(25)23-18;1-6-22-25(5,21)24-15-8-7-13(11-14(15)12-18)9-10-19-16(20)23-17(2,3)4;14-8(13-16)4-2-1-3-7-9-6(5-17-7)11-10(15)12-9;10-6-8-5-7(3-4-11)1-2-9(8)15-16(12,13)14;1-5(2,3)4;2-1-3/h5-6,9,14,16,18H,1-4,7-8,10-11H2,(H,21,24)(H2,22,23,25)(H2,26,27,28);7-8,11H,6,9-10,12H2,1-5H3,(H,19,20);6-7,9H,1-5H2,(H2,11,12,15);1-2,5H,3-4,6,11H2,(H2,12,13,14);1-3H3;1H2. The zero-order valence-corrected chi connectivity index (χ0v) is 64.7. The van der Waals surface area contributed by atoms with Gasteiger partial charge >= 0.3 is 41.4 Å². The molecule has 4 aliphatic heterocycles. The molecular weight excluding hydrogens is 1520 g/mol. The van der Waals surface area contributed by atoms with Crippen molar-refractivity contribution in [3.63, 3.8) is 0 Å². The van der Waals surface area contributed by atoms with Crippen LogP contribution in [0.5, 0.6) is 17.2 Å². The minimum atomic E-state index is -4.75. The van der Waals surface area contributed by atoms with E-state index in [9.17, 15) is 50.8 Å². The third-order valence-electron chi connectivity index (χ3n) is 13.4. The van der Waals surface area contributed by atoms with E-state index in [-0.39, 0.29) is 93.9 Å². The molecule has 3 aromatic rings. The molecule has 0 bridgehead atoms. The van der Waals surface area contributed by atoms with Gasteiger partial charge in [0.05, 0.1) is 36.1 Å². The van der Waals surface area contributed by atoms with Crippen LogP contribution in [0.2, 0.25) is 19.6 Å². The van der Waals surface area contributed by atoms with E-state index in [1.807, 2.05) is 23.5 Å². The Bertz CT molecular complexity index is 3130. The molecule has 3 aromatic carbocycles. The fourth-order valence-electron chi connectivity index (χ4n) is 9.45. The van der Waals surface area contributed by atoms with E-state index in [1.54, 1.807) is 58.0 Å². The van der Waals surface area contributed by atoms with E-state index >= 15 is 0 Å². The molecule has 0 saturated carbocycles. The fraction of sp³-hybridized carbons (Fsp3) is 0.610. The zero-order chi connectivity index (χ0) is 73.2. The van der Waals surface area contributed by atoms with E-state index in [1.165, 1.54) is 30.9 Å². The van der Waals surface area contributed by atoms with Crippen molar-refractivity contribution in [3.05, 3.63) is 88.0 Å². The van der Waals surface area contributed by atoms with Crippen LogP contribution in [0.4, 0.5) is 27.6 Å². The van der Waals surface area contributed by atoms with Crippen molar-refractivity contribution in [1.82, 2.24) is 31.9 Å². The molecular formula is C59H93BrCl2F3N8O17P3S3Si. The summed E-state index contributed by atoms with van der Waals surface area (Å²) in [4.78, 5) is 92.0. The van der Waals surface area contributed by atoms with Gasteiger partial charge in [0.2, 0.25) is 5.91 Å². The Morgan fingerprint density at radius 2 is 1.09 bits per heavy atom. The number of unbranched alkanes of at least 4 members (excludes halogenated alkanes) is 2. The number of amides is 7. The lowest BCUT2D eigenvalue weighted by atomic mass is 10.0. The van der Waals surface area contributed by atoms with Gasteiger partial charge in [-0.1, -0.05) is 50.7 Å². The van der Waals surface area contributed by atoms with Crippen molar-refractivity contribution in [1.29, 1.82) is 0 Å². The number of nitrogens with two attached hydrogens (primary N) is 1.